The summed E-state index contributed by atoms with van der Waals surface area (Å²) < 4.78 is 0. The van der Waals surface area contributed by atoms with Gasteiger partial charge in [-0.25, -0.2) is 0 Å². The van der Waals surface area contributed by atoms with Crippen molar-refractivity contribution in [3.63, 3.8) is 0 Å². The summed E-state index contributed by atoms with van der Waals surface area (Å²) in [6, 6.07) is -0.373. The molecule has 1 aliphatic heterocycles. The van der Waals surface area contributed by atoms with Crippen molar-refractivity contribution in [3.05, 3.63) is 0 Å². The van der Waals surface area contributed by atoms with E-state index >= 15 is 0 Å². The number of nitrogens with two attached hydrogens (primary N) is 1. The van der Waals surface area contributed by atoms with Gasteiger partial charge in [0, 0.05) is 18.5 Å². The van der Waals surface area contributed by atoms with Gasteiger partial charge in [-0.1, -0.05) is 19.3 Å². The molecule has 2 aliphatic rings. The number of hydrogen-bond donors (Lipinski definition) is 3. The van der Waals surface area contributed by atoms with Crippen LogP contribution in [0, 0.1) is 0 Å². The molecular weight excluding hydrogens is 242 g/mol. The van der Waals surface area contributed by atoms with E-state index in [4.69, 9.17) is 5.73 Å². The van der Waals surface area contributed by atoms with Gasteiger partial charge in [0.05, 0.1) is 0 Å². The van der Waals surface area contributed by atoms with E-state index in [0.29, 0.717) is 13.0 Å². The second kappa shape index (κ2) is 6.37. The summed E-state index contributed by atoms with van der Waals surface area (Å²) in [6.45, 7) is 0.714. The molecule has 1 heterocycles. The van der Waals surface area contributed by atoms with Gasteiger partial charge in [-0.3, -0.25) is 9.59 Å². The molecule has 1 saturated heterocycles. The molecule has 0 spiro atoms. The van der Waals surface area contributed by atoms with E-state index in [-0.39, 0.29) is 23.4 Å². The summed E-state index contributed by atoms with van der Waals surface area (Å²) in [5.74, 6) is -0.132. The quantitative estimate of drug-likeness (QED) is 0.708. The van der Waals surface area contributed by atoms with E-state index in [1.807, 2.05) is 0 Å². The highest BCUT2D eigenvalue weighted by Gasteiger charge is 2.31. The molecule has 2 fully saturated rings. The molecule has 0 radical (unpaired) electrons. The Morgan fingerprint density at radius 3 is 2.74 bits per heavy atom. The predicted molar refractivity (Wildman–Crippen MR) is 73.4 cm³/mol. The zero-order chi connectivity index (χ0) is 13.7. The highest BCUT2D eigenvalue weighted by Crippen LogP contribution is 2.28. The van der Waals surface area contributed by atoms with Gasteiger partial charge in [0.2, 0.25) is 11.8 Å². The minimum Gasteiger partial charge on any atom is -0.354 e. The zero-order valence-corrected chi connectivity index (χ0v) is 11.5. The summed E-state index contributed by atoms with van der Waals surface area (Å²) in [6.07, 6.45) is 8.28. The van der Waals surface area contributed by atoms with Gasteiger partial charge < -0.3 is 16.4 Å². The van der Waals surface area contributed by atoms with Crippen LogP contribution in [0.5, 0.6) is 0 Å². The zero-order valence-electron chi connectivity index (χ0n) is 11.5. The lowest BCUT2D eigenvalue weighted by molar-refractivity contribution is -0.129. The van der Waals surface area contributed by atoms with Gasteiger partial charge >= 0.3 is 0 Å². The third kappa shape index (κ3) is 4.20. The SMILES string of the molecule is NC1(CC(=O)NC2CCCCNC2=O)CCCCC1. The molecule has 1 saturated carbocycles. The van der Waals surface area contributed by atoms with Crippen LogP contribution in [0.2, 0.25) is 0 Å². The highest BCUT2D eigenvalue weighted by molar-refractivity contribution is 5.88. The first-order valence-corrected chi connectivity index (χ1v) is 7.45. The normalized spacial score (nSPS) is 27.2. The maximum absolute atomic E-state index is 12.1. The number of amides is 2. The fraction of sp³-hybridized carbons (Fsp3) is 0.857. The molecule has 5 heteroatoms. The van der Waals surface area contributed by atoms with Crippen molar-refractivity contribution in [1.82, 2.24) is 10.6 Å². The molecule has 5 nitrogen and oxygen atoms in total. The Labute approximate surface area is 114 Å². The second-order valence-electron chi connectivity index (χ2n) is 6.01. The molecule has 4 N–H and O–H groups in total. The van der Waals surface area contributed by atoms with E-state index in [9.17, 15) is 9.59 Å². The van der Waals surface area contributed by atoms with E-state index in [1.165, 1.54) is 6.42 Å². The largest absolute Gasteiger partial charge is 0.354 e. The number of rotatable bonds is 3. The van der Waals surface area contributed by atoms with Gasteiger partial charge in [-0.2, -0.15) is 0 Å². The first-order valence-electron chi connectivity index (χ1n) is 7.45. The van der Waals surface area contributed by atoms with E-state index < -0.39 is 0 Å². The van der Waals surface area contributed by atoms with Crippen LogP contribution in [0.1, 0.15) is 57.8 Å². The van der Waals surface area contributed by atoms with E-state index in [2.05, 4.69) is 10.6 Å². The number of hydrogen-bond acceptors (Lipinski definition) is 3. The Morgan fingerprint density at radius 1 is 1.26 bits per heavy atom. The Hall–Kier alpha value is -1.10. The van der Waals surface area contributed by atoms with Gasteiger partial charge in [-0.15, -0.1) is 0 Å². The lowest BCUT2D eigenvalue weighted by atomic mass is 9.80. The molecule has 0 aromatic heterocycles. The third-order valence-electron chi connectivity index (χ3n) is 4.23. The van der Waals surface area contributed by atoms with Gasteiger partial charge in [0.1, 0.15) is 6.04 Å². The fourth-order valence-corrected chi connectivity index (χ4v) is 3.07. The standard InChI is InChI=1S/C14H25N3O2/c15-14(7-3-1-4-8-14)10-12(18)17-11-6-2-5-9-16-13(11)19/h11H,1-10,15H2,(H,16,19)(H,17,18). The van der Waals surface area contributed by atoms with E-state index in [1.54, 1.807) is 0 Å². The van der Waals surface area contributed by atoms with Crippen molar-refractivity contribution < 1.29 is 9.59 Å². The molecule has 1 atom stereocenters. The summed E-state index contributed by atoms with van der Waals surface area (Å²) >= 11 is 0. The Balaban J connectivity index is 1.84. The van der Waals surface area contributed by atoms with Crippen molar-refractivity contribution in [2.24, 2.45) is 5.73 Å². The summed E-state index contributed by atoms with van der Waals surface area (Å²) in [5, 5.41) is 5.68. The van der Waals surface area contributed by atoms with Crippen LogP contribution in [0.25, 0.3) is 0 Å². The van der Waals surface area contributed by atoms with Crippen molar-refractivity contribution in [2.75, 3.05) is 6.54 Å². The molecule has 2 amide bonds. The van der Waals surface area contributed by atoms with Crippen LogP contribution in [0.4, 0.5) is 0 Å². The Morgan fingerprint density at radius 2 is 2.00 bits per heavy atom. The number of carbonyl (C=O) groups excluding carboxylic acids is 2. The number of nitrogens with one attached hydrogen (secondary N) is 2. The van der Waals surface area contributed by atoms with E-state index in [0.717, 1.165) is 44.9 Å². The molecule has 19 heavy (non-hydrogen) atoms. The van der Waals surface area contributed by atoms with Gasteiger partial charge in [0.25, 0.3) is 0 Å². The topological polar surface area (TPSA) is 84.2 Å². The molecule has 0 bridgehead atoms. The molecule has 0 aromatic carbocycles. The molecule has 0 aromatic rings. The van der Waals surface area contributed by atoms with Crippen molar-refractivity contribution in [1.29, 1.82) is 0 Å². The summed E-state index contributed by atoms with van der Waals surface area (Å²) in [4.78, 5) is 23.8. The molecule has 1 aliphatic carbocycles. The van der Waals surface area contributed by atoms with Crippen LogP contribution in [-0.4, -0.2) is 29.9 Å². The average molecular weight is 267 g/mol. The van der Waals surface area contributed by atoms with Crippen LogP contribution < -0.4 is 16.4 Å². The van der Waals surface area contributed by atoms with Crippen LogP contribution >= 0.6 is 0 Å². The maximum atomic E-state index is 12.1. The van der Waals surface area contributed by atoms with Gasteiger partial charge in [0.15, 0.2) is 0 Å². The lowest BCUT2D eigenvalue weighted by Crippen LogP contribution is -2.50. The van der Waals surface area contributed by atoms with Crippen molar-refractivity contribution in [2.45, 2.75) is 69.4 Å². The second-order valence-corrected chi connectivity index (χ2v) is 6.01. The average Bonchev–Trinajstić information content (AvgIpc) is 2.55. The molecular formula is C14H25N3O2. The van der Waals surface area contributed by atoms with Crippen LogP contribution in [0.3, 0.4) is 0 Å². The maximum Gasteiger partial charge on any atom is 0.242 e. The first kappa shape index (κ1) is 14.3. The van der Waals surface area contributed by atoms with Crippen molar-refractivity contribution >= 4 is 11.8 Å². The molecule has 2 rings (SSSR count). The minimum atomic E-state index is -0.373. The number of carbonyl (C=O) groups is 2. The lowest BCUT2D eigenvalue weighted by Gasteiger charge is -2.33. The molecule has 1 unspecified atom stereocenters. The Kier molecular flexibility index (Phi) is 4.80. The third-order valence-corrected chi connectivity index (χ3v) is 4.23. The van der Waals surface area contributed by atoms with Crippen molar-refractivity contribution in [3.8, 4) is 0 Å². The van der Waals surface area contributed by atoms with Crippen LogP contribution in [0.15, 0.2) is 0 Å². The summed E-state index contributed by atoms with van der Waals surface area (Å²) in [7, 11) is 0. The predicted octanol–water partition coefficient (Wildman–Crippen LogP) is 0.823. The summed E-state index contributed by atoms with van der Waals surface area (Å²) in [5.41, 5.74) is 5.91. The monoisotopic (exact) mass is 267 g/mol. The highest BCUT2D eigenvalue weighted by atomic mass is 16.2. The smallest absolute Gasteiger partial charge is 0.242 e. The minimum absolute atomic E-state index is 0.0550. The fourth-order valence-electron chi connectivity index (χ4n) is 3.07. The van der Waals surface area contributed by atoms with Gasteiger partial charge in [-0.05, 0) is 32.1 Å². The first-order chi connectivity index (χ1) is 9.09. The molecule has 108 valence electrons. The van der Waals surface area contributed by atoms with Crippen LogP contribution in [-0.2, 0) is 9.59 Å². The Bertz CT molecular complexity index is 338.